The van der Waals surface area contributed by atoms with Crippen molar-refractivity contribution in [3.05, 3.63) is 52.1 Å². The van der Waals surface area contributed by atoms with E-state index in [1.165, 1.54) is 0 Å². The number of piperidine rings is 1. The number of carbonyl (C=O) groups excluding carboxylic acids is 1. The molecule has 7 heteroatoms. The van der Waals surface area contributed by atoms with Gasteiger partial charge in [0.1, 0.15) is 0 Å². The molecule has 0 spiro atoms. The monoisotopic (exact) mass is 392 g/mol. The Morgan fingerprint density at radius 1 is 1.19 bits per heavy atom. The third-order valence-electron chi connectivity index (χ3n) is 4.68. The number of benzene rings is 1. The quantitative estimate of drug-likeness (QED) is 0.841. The van der Waals surface area contributed by atoms with Crippen LogP contribution < -0.4 is 10.2 Å². The number of amides is 1. The van der Waals surface area contributed by atoms with Crippen molar-refractivity contribution < 1.29 is 4.79 Å². The summed E-state index contributed by atoms with van der Waals surface area (Å²) < 4.78 is 0. The smallest absolute Gasteiger partial charge is 0.223 e. The van der Waals surface area contributed by atoms with Gasteiger partial charge in [-0.15, -0.1) is 10.2 Å². The molecule has 1 atom stereocenters. The molecule has 5 nitrogen and oxygen atoms in total. The molecule has 1 aromatic heterocycles. The molecule has 1 N–H and O–H groups in total. The van der Waals surface area contributed by atoms with E-state index in [9.17, 15) is 4.79 Å². The standard InChI is InChI=1S/C19H22Cl2N4O/c1-13(12-15-4-2-3-5-16(15)20)22-19(26)14-8-10-25(11-9-14)18-7-6-17(21)23-24-18/h2-7,13-14H,8-12H2,1H3,(H,22,26)/t13-/m1/s1. The second-order valence-corrected chi connectivity index (χ2v) is 7.48. The van der Waals surface area contributed by atoms with Crippen LogP contribution in [0, 0.1) is 5.92 Å². The zero-order chi connectivity index (χ0) is 18.5. The SMILES string of the molecule is C[C@H](Cc1ccccc1Cl)NC(=O)C1CCN(c2ccc(Cl)nn2)CC1. The van der Waals surface area contributed by atoms with Gasteiger partial charge in [0.25, 0.3) is 0 Å². The number of halogens is 2. The molecule has 26 heavy (non-hydrogen) atoms. The first-order valence-corrected chi connectivity index (χ1v) is 9.56. The van der Waals surface area contributed by atoms with Crippen LogP contribution in [0.3, 0.4) is 0 Å². The van der Waals surface area contributed by atoms with E-state index in [4.69, 9.17) is 23.2 Å². The molecule has 0 bridgehead atoms. The van der Waals surface area contributed by atoms with Crippen molar-refractivity contribution in [2.75, 3.05) is 18.0 Å². The minimum Gasteiger partial charge on any atom is -0.355 e. The second-order valence-electron chi connectivity index (χ2n) is 6.68. The van der Waals surface area contributed by atoms with Gasteiger partial charge in [-0.2, -0.15) is 0 Å². The molecule has 1 amide bonds. The number of rotatable bonds is 5. The van der Waals surface area contributed by atoms with Crippen molar-refractivity contribution in [1.82, 2.24) is 15.5 Å². The average molecular weight is 393 g/mol. The van der Waals surface area contributed by atoms with E-state index < -0.39 is 0 Å². The van der Waals surface area contributed by atoms with Crippen molar-refractivity contribution in [3.8, 4) is 0 Å². The van der Waals surface area contributed by atoms with Crippen LogP contribution in [0.5, 0.6) is 0 Å². The van der Waals surface area contributed by atoms with Crippen LogP contribution in [0.2, 0.25) is 10.2 Å². The molecule has 1 aromatic carbocycles. The minimum absolute atomic E-state index is 0.0280. The van der Waals surface area contributed by atoms with Gasteiger partial charge >= 0.3 is 0 Å². The van der Waals surface area contributed by atoms with Crippen LogP contribution in [0.25, 0.3) is 0 Å². The topological polar surface area (TPSA) is 58.1 Å². The number of nitrogens with zero attached hydrogens (tertiary/aromatic N) is 3. The van der Waals surface area contributed by atoms with Crippen molar-refractivity contribution >= 4 is 34.9 Å². The average Bonchev–Trinajstić information content (AvgIpc) is 2.64. The van der Waals surface area contributed by atoms with Gasteiger partial charge in [-0.1, -0.05) is 41.4 Å². The fourth-order valence-electron chi connectivity index (χ4n) is 3.25. The summed E-state index contributed by atoms with van der Waals surface area (Å²) in [5.41, 5.74) is 1.05. The fraction of sp³-hybridized carbons (Fsp3) is 0.421. The number of carbonyl (C=O) groups is 1. The van der Waals surface area contributed by atoms with Crippen LogP contribution in [0.4, 0.5) is 5.82 Å². The zero-order valence-electron chi connectivity index (χ0n) is 14.7. The maximum Gasteiger partial charge on any atom is 0.223 e. The molecule has 138 valence electrons. The molecule has 0 unspecified atom stereocenters. The van der Waals surface area contributed by atoms with Crippen molar-refractivity contribution in [2.45, 2.75) is 32.2 Å². The highest BCUT2D eigenvalue weighted by molar-refractivity contribution is 6.31. The lowest BCUT2D eigenvalue weighted by Gasteiger charge is -2.32. The fourth-order valence-corrected chi connectivity index (χ4v) is 3.57. The number of hydrogen-bond acceptors (Lipinski definition) is 4. The van der Waals surface area contributed by atoms with Crippen LogP contribution in [-0.2, 0) is 11.2 Å². The molecule has 2 heterocycles. The van der Waals surface area contributed by atoms with Gasteiger partial charge in [0.15, 0.2) is 11.0 Å². The Bertz CT molecular complexity index is 745. The summed E-state index contributed by atoms with van der Waals surface area (Å²) in [6, 6.07) is 11.4. The van der Waals surface area contributed by atoms with Crippen molar-refractivity contribution in [1.29, 1.82) is 0 Å². The van der Waals surface area contributed by atoms with E-state index in [1.807, 2.05) is 37.3 Å². The van der Waals surface area contributed by atoms with Crippen LogP contribution in [0.1, 0.15) is 25.3 Å². The molecule has 1 saturated heterocycles. The van der Waals surface area contributed by atoms with Gasteiger partial charge in [0.2, 0.25) is 5.91 Å². The predicted octanol–water partition coefficient (Wildman–Crippen LogP) is 3.75. The van der Waals surface area contributed by atoms with Gasteiger partial charge in [0.05, 0.1) is 0 Å². The molecular weight excluding hydrogens is 371 g/mol. The van der Waals surface area contributed by atoms with Gasteiger partial charge in [-0.25, -0.2) is 0 Å². The minimum atomic E-state index is 0.0280. The van der Waals surface area contributed by atoms with Gasteiger partial charge in [-0.3, -0.25) is 4.79 Å². The maximum absolute atomic E-state index is 12.6. The molecule has 0 radical (unpaired) electrons. The number of hydrogen-bond donors (Lipinski definition) is 1. The first-order chi connectivity index (χ1) is 12.5. The van der Waals surface area contributed by atoms with Crippen molar-refractivity contribution in [3.63, 3.8) is 0 Å². The van der Waals surface area contributed by atoms with E-state index in [0.29, 0.717) is 5.15 Å². The van der Waals surface area contributed by atoms with E-state index >= 15 is 0 Å². The molecule has 3 rings (SSSR count). The zero-order valence-corrected chi connectivity index (χ0v) is 16.2. The first kappa shape index (κ1) is 18.9. The third-order valence-corrected chi connectivity index (χ3v) is 5.25. The molecule has 1 aliphatic rings. The Kier molecular flexibility index (Phi) is 6.33. The van der Waals surface area contributed by atoms with E-state index in [2.05, 4.69) is 20.4 Å². The first-order valence-electron chi connectivity index (χ1n) is 8.81. The Balaban J connectivity index is 1.49. The molecule has 1 aliphatic heterocycles. The highest BCUT2D eigenvalue weighted by Crippen LogP contribution is 2.23. The summed E-state index contributed by atoms with van der Waals surface area (Å²) in [6.45, 7) is 3.58. The summed E-state index contributed by atoms with van der Waals surface area (Å²) in [5.74, 6) is 0.951. The second kappa shape index (κ2) is 8.69. The summed E-state index contributed by atoms with van der Waals surface area (Å²) in [5, 5.41) is 12.2. The number of aromatic nitrogens is 2. The lowest BCUT2D eigenvalue weighted by molar-refractivity contribution is -0.126. The summed E-state index contributed by atoms with van der Waals surface area (Å²) in [7, 11) is 0. The predicted molar refractivity (Wildman–Crippen MR) is 105 cm³/mol. The van der Waals surface area contributed by atoms with Gasteiger partial charge < -0.3 is 10.2 Å². The van der Waals surface area contributed by atoms with Gasteiger partial charge in [0, 0.05) is 30.1 Å². The number of anilines is 1. The maximum atomic E-state index is 12.6. The molecular formula is C19H22Cl2N4O. The molecule has 1 fully saturated rings. The van der Waals surface area contributed by atoms with Crippen molar-refractivity contribution in [2.24, 2.45) is 5.92 Å². The lowest BCUT2D eigenvalue weighted by Crippen LogP contribution is -2.44. The Morgan fingerprint density at radius 3 is 2.58 bits per heavy atom. The molecule has 0 aliphatic carbocycles. The largest absolute Gasteiger partial charge is 0.355 e. The summed E-state index contributed by atoms with van der Waals surface area (Å²) in [4.78, 5) is 14.7. The summed E-state index contributed by atoms with van der Waals surface area (Å²) >= 11 is 12.0. The molecule has 0 saturated carbocycles. The van der Waals surface area contributed by atoms with Crippen LogP contribution in [-0.4, -0.2) is 35.2 Å². The lowest BCUT2D eigenvalue weighted by atomic mass is 9.95. The third kappa shape index (κ3) is 4.86. The van der Waals surface area contributed by atoms with E-state index in [0.717, 1.165) is 48.8 Å². The highest BCUT2D eigenvalue weighted by atomic mass is 35.5. The normalized spacial score (nSPS) is 16.3. The van der Waals surface area contributed by atoms with Crippen LogP contribution in [0.15, 0.2) is 36.4 Å². The summed E-state index contributed by atoms with van der Waals surface area (Å²) in [6.07, 6.45) is 2.33. The highest BCUT2D eigenvalue weighted by Gasteiger charge is 2.26. The Hall–Kier alpha value is -1.85. The van der Waals surface area contributed by atoms with E-state index in [1.54, 1.807) is 6.07 Å². The molecule has 2 aromatic rings. The Morgan fingerprint density at radius 2 is 1.92 bits per heavy atom. The van der Waals surface area contributed by atoms with E-state index in [-0.39, 0.29) is 17.9 Å². The van der Waals surface area contributed by atoms with Gasteiger partial charge in [-0.05, 0) is 49.9 Å². The van der Waals surface area contributed by atoms with Crippen LogP contribution >= 0.6 is 23.2 Å². The Labute approximate surface area is 163 Å². The number of nitrogens with one attached hydrogen (secondary N) is 1.